The van der Waals surface area contributed by atoms with Gasteiger partial charge in [-0.3, -0.25) is 4.79 Å². The molecule has 0 spiro atoms. The molecule has 34 heavy (non-hydrogen) atoms. The molecule has 2 N–H and O–H groups in total. The summed E-state index contributed by atoms with van der Waals surface area (Å²) in [5.41, 5.74) is 0.650. The lowest BCUT2D eigenvalue weighted by Gasteiger charge is -2.46. The number of aromatic hydroxyl groups is 1. The molecule has 1 aromatic carbocycles. The standard InChI is InChI=1S/C27H32O7/c1-7-8-9-10-11-27(6)25(29)22(26(30)31)24(34-27)20-16(5)32-18-12-17(28)14(3)19-13(2)15(4)33-23(20)21(18)19/h8-13,15-16,20,23,28H,7H2,1-6H3,(H,30,31)/b9-8+,11-10-/t13-,15-,16-,20-,23+,27-/m1/s1. The molecular formula is C27H32O7. The largest absolute Gasteiger partial charge is 0.508 e. The van der Waals surface area contributed by atoms with Crippen LogP contribution in [0.5, 0.6) is 11.5 Å². The fourth-order valence-electron chi connectivity index (χ4n) is 5.23. The topological polar surface area (TPSA) is 102 Å². The lowest BCUT2D eigenvalue weighted by molar-refractivity contribution is -0.135. The van der Waals surface area contributed by atoms with Crippen molar-refractivity contribution in [1.82, 2.24) is 0 Å². The minimum absolute atomic E-state index is 0.00707. The number of hydrogen-bond acceptors (Lipinski definition) is 6. The van der Waals surface area contributed by atoms with E-state index in [1.807, 2.05) is 33.8 Å². The number of aliphatic carboxylic acids is 1. The Balaban J connectivity index is 1.85. The number of ether oxygens (including phenoxy) is 3. The number of carboxylic acid groups (broad SMARTS) is 1. The van der Waals surface area contributed by atoms with Gasteiger partial charge < -0.3 is 24.4 Å². The average molecular weight is 469 g/mol. The summed E-state index contributed by atoms with van der Waals surface area (Å²) in [6, 6.07) is 1.58. The highest BCUT2D eigenvalue weighted by Crippen LogP contribution is 2.55. The zero-order valence-electron chi connectivity index (χ0n) is 20.4. The van der Waals surface area contributed by atoms with Crippen molar-refractivity contribution in [2.24, 2.45) is 5.92 Å². The molecule has 3 aliphatic rings. The molecule has 3 aliphatic heterocycles. The van der Waals surface area contributed by atoms with Crippen LogP contribution >= 0.6 is 0 Å². The molecule has 0 saturated carbocycles. The Morgan fingerprint density at radius 2 is 1.88 bits per heavy atom. The van der Waals surface area contributed by atoms with E-state index < -0.39 is 35.5 Å². The number of rotatable bonds is 5. The van der Waals surface area contributed by atoms with Crippen molar-refractivity contribution in [2.45, 2.75) is 77.8 Å². The number of phenolic OH excluding ortho intramolecular Hbond substituents is 1. The molecule has 0 radical (unpaired) electrons. The highest BCUT2D eigenvalue weighted by atomic mass is 16.5. The first kappa shape index (κ1) is 24.1. The summed E-state index contributed by atoms with van der Waals surface area (Å²) >= 11 is 0. The molecule has 0 bridgehead atoms. The Kier molecular flexibility index (Phi) is 6.10. The third-order valence-electron chi connectivity index (χ3n) is 7.22. The second-order valence-corrected chi connectivity index (χ2v) is 9.52. The molecule has 182 valence electrons. The number of carboxylic acids is 1. The molecule has 7 nitrogen and oxygen atoms in total. The zero-order valence-corrected chi connectivity index (χ0v) is 20.4. The second kappa shape index (κ2) is 8.62. The molecule has 7 heteroatoms. The van der Waals surface area contributed by atoms with E-state index in [1.165, 1.54) is 0 Å². The summed E-state index contributed by atoms with van der Waals surface area (Å²) in [6.07, 6.45) is 6.51. The minimum Gasteiger partial charge on any atom is -0.508 e. The summed E-state index contributed by atoms with van der Waals surface area (Å²) in [6.45, 7) is 11.2. The first-order valence-electron chi connectivity index (χ1n) is 11.8. The van der Waals surface area contributed by atoms with E-state index in [9.17, 15) is 19.8 Å². The fraction of sp³-hybridized carbons (Fsp3) is 0.481. The van der Waals surface area contributed by atoms with Gasteiger partial charge in [0.25, 0.3) is 0 Å². The van der Waals surface area contributed by atoms with Gasteiger partial charge in [0.15, 0.2) is 5.60 Å². The molecule has 3 heterocycles. The number of benzene rings is 1. The third kappa shape index (κ3) is 3.63. The van der Waals surface area contributed by atoms with Gasteiger partial charge in [-0.25, -0.2) is 4.79 Å². The van der Waals surface area contributed by atoms with E-state index in [2.05, 4.69) is 0 Å². The number of ketones is 1. The Morgan fingerprint density at radius 3 is 2.53 bits per heavy atom. The maximum atomic E-state index is 13.3. The molecule has 4 rings (SSSR count). The first-order valence-corrected chi connectivity index (χ1v) is 11.8. The summed E-state index contributed by atoms with van der Waals surface area (Å²) in [4.78, 5) is 25.5. The van der Waals surface area contributed by atoms with Crippen molar-refractivity contribution in [1.29, 1.82) is 0 Å². The quantitative estimate of drug-likeness (QED) is 0.469. The SMILES string of the molecule is CC/C=C/C=C\[C@@]1(C)OC([C@H]2[C@@H]3O[C@H](C)[C@@H](C)c4c(C)c(O)cc(c43)O[C@@H]2C)=C(C(=O)O)C1=O. The van der Waals surface area contributed by atoms with Gasteiger partial charge in [0.2, 0.25) is 5.78 Å². The van der Waals surface area contributed by atoms with Gasteiger partial charge in [0.05, 0.1) is 12.0 Å². The highest BCUT2D eigenvalue weighted by Gasteiger charge is 2.55. The van der Waals surface area contributed by atoms with Crippen molar-refractivity contribution in [3.05, 3.63) is 58.4 Å². The fourth-order valence-corrected chi connectivity index (χ4v) is 5.23. The van der Waals surface area contributed by atoms with Gasteiger partial charge >= 0.3 is 5.97 Å². The lowest BCUT2D eigenvalue weighted by atomic mass is 9.76. The van der Waals surface area contributed by atoms with Crippen LogP contribution in [-0.4, -0.2) is 39.8 Å². The Morgan fingerprint density at radius 1 is 1.18 bits per heavy atom. The summed E-state index contributed by atoms with van der Waals surface area (Å²) < 4.78 is 18.8. The molecule has 0 aliphatic carbocycles. The lowest BCUT2D eigenvalue weighted by Crippen LogP contribution is -2.43. The van der Waals surface area contributed by atoms with Gasteiger partial charge in [-0.15, -0.1) is 0 Å². The van der Waals surface area contributed by atoms with Crippen LogP contribution in [-0.2, 0) is 19.1 Å². The van der Waals surface area contributed by atoms with Crippen LogP contribution < -0.4 is 4.74 Å². The summed E-state index contributed by atoms with van der Waals surface area (Å²) in [7, 11) is 0. The molecule has 0 aromatic heterocycles. The predicted octanol–water partition coefficient (Wildman–Crippen LogP) is 4.88. The maximum absolute atomic E-state index is 13.3. The molecule has 6 atom stereocenters. The molecule has 0 amide bonds. The number of Topliss-reactive ketones (excluding diaryl/α,β-unsaturated/α-hetero) is 1. The van der Waals surface area contributed by atoms with Gasteiger partial charge in [0, 0.05) is 17.5 Å². The number of allylic oxidation sites excluding steroid dienone is 3. The Labute approximate surface area is 199 Å². The van der Waals surface area contributed by atoms with Crippen LogP contribution in [0.4, 0.5) is 0 Å². The van der Waals surface area contributed by atoms with Crippen LogP contribution in [0, 0.1) is 12.8 Å². The Bertz CT molecular complexity index is 1130. The van der Waals surface area contributed by atoms with E-state index in [0.717, 1.165) is 23.1 Å². The molecule has 1 aromatic rings. The van der Waals surface area contributed by atoms with Crippen LogP contribution in [0.1, 0.15) is 69.8 Å². The van der Waals surface area contributed by atoms with Crippen LogP contribution in [0.2, 0.25) is 0 Å². The zero-order chi connectivity index (χ0) is 24.9. The van der Waals surface area contributed by atoms with Crippen LogP contribution in [0.25, 0.3) is 0 Å². The van der Waals surface area contributed by atoms with E-state index in [-0.39, 0.29) is 29.1 Å². The van der Waals surface area contributed by atoms with Gasteiger partial charge in [-0.2, -0.15) is 0 Å². The average Bonchev–Trinajstić information content (AvgIpc) is 3.02. The summed E-state index contributed by atoms with van der Waals surface area (Å²) in [5.74, 6) is -1.86. The van der Waals surface area contributed by atoms with Crippen molar-refractivity contribution >= 4 is 11.8 Å². The molecular weight excluding hydrogens is 436 g/mol. The molecule has 0 saturated heterocycles. The maximum Gasteiger partial charge on any atom is 0.343 e. The van der Waals surface area contributed by atoms with E-state index in [4.69, 9.17) is 14.2 Å². The molecule has 0 fully saturated rings. The third-order valence-corrected chi connectivity index (χ3v) is 7.22. The highest BCUT2D eigenvalue weighted by molar-refractivity contribution is 6.22. The van der Waals surface area contributed by atoms with E-state index in [1.54, 1.807) is 38.1 Å². The van der Waals surface area contributed by atoms with E-state index in [0.29, 0.717) is 5.75 Å². The predicted molar refractivity (Wildman–Crippen MR) is 126 cm³/mol. The summed E-state index contributed by atoms with van der Waals surface area (Å²) in [5, 5.41) is 20.5. The normalized spacial score (nSPS) is 32.8. The van der Waals surface area contributed by atoms with Gasteiger partial charge in [-0.05, 0) is 51.3 Å². The monoisotopic (exact) mass is 468 g/mol. The first-order chi connectivity index (χ1) is 16.0. The van der Waals surface area contributed by atoms with Gasteiger partial charge in [-0.1, -0.05) is 32.1 Å². The van der Waals surface area contributed by atoms with Crippen LogP contribution in [0.15, 0.2) is 41.7 Å². The van der Waals surface area contributed by atoms with Crippen molar-refractivity contribution in [3.63, 3.8) is 0 Å². The number of hydrogen-bond donors (Lipinski definition) is 2. The van der Waals surface area contributed by atoms with Crippen molar-refractivity contribution in [3.8, 4) is 11.5 Å². The number of carbonyl (C=O) groups is 2. The number of carbonyl (C=O) groups excluding carboxylic acids is 1. The van der Waals surface area contributed by atoms with Crippen molar-refractivity contribution in [2.75, 3.05) is 0 Å². The van der Waals surface area contributed by atoms with Crippen LogP contribution in [0.3, 0.4) is 0 Å². The Hall–Kier alpha value is -3.06. The number of phenols is 1. The minimum atomic E-state index is -1.44. The molecule has 0 unspecified atom stereocenters. The smallest absolute Gasteiger partial charge is 0.343 e. The second-order valence-electron chi connectivity index (χ2n) is 9.52. The van der Waals surface area contributed by atoms with E-state index >= 15 is 0 Å². The van der Waals surface area contributed by atoms with Gasteiger partial charge in [0.1, 0.15) is 35.0 Å². The van der Waals surface area contributed by atoms with Crippen molar-refractivity contribution < 1.29 is 34.0 Å².